The van der Waals surface area contributed by atoms with E-state index in [0.29, 0.717) is 29.1 Å². The minimum absolute atomic E-state index is 0.134. The zero-order valence-electron chi connectivity index (χ0n) is 20.0. The number of hydrogen-bond acceptors (Lipinski definition) is 6. The fourth-order valence-corrected chi connectivity index (χ4v) is 4.20. The Bertz CT molecular complexity index is 1140. The number of rotatable bonds is 6. The maximum Gasteiger partial charge on any atom is 0.410 e. The van der Waals surface area contributed by atoms with Crippen LogP contribution in [0.15, 0.2) is 24.4 Å². The smallest absolute Gasteiger partial charge is 0.410 e. The standard InChI is InChI=1S/C23H31F2N3O5S/c1-15-12-16(6-7-18(15)24)20-14-27(10-11-32-34(5,30)31)21(26-20)17-8-9-28(13-19(17)25)22(29)33-23(2,3)4/h6-7,12,14,17,19H,8-11,13H2,1-5H3/t17-,19+/m0/s1. The van der Waals surface area contributed by atoms with Gasteiger partial charge in [-0.05, 0) is 57.9 Å². The lowest BCUT2D eigenvalue weighted by Gasteiger charge is -2.35. The van der Waals surface area contributed by atoms with Crippen LogP contribution in [0.2, 0.25) is 0 Å². The monoisotopic (exact) mass is 499 g/mol. The lowest BCUT2D eigenvalue weighted by Crippen LogP contribution is -2.46. The van der Waals surface area contributed by atoms with Crippen LogP contribution in [0.25, 0.3) is 11.3 Å². The second kappa shape index (κ2) is 9.99. The van der Waals surface area contributed by atoms with Crippen LogP contribution in [0.1, 0.15) is 44.5 Å². The Kier molecular flexibility index (Phi) is 7.66. The first-order chi connectivity index (χ1) is 15.7. The fourth-order valence-electron chi connectivity index (χ4n) is 3.82. The molecule has 1 fully saturated rings. The van der Waals surface area contributed by atoms with Crippen LogP contribution in [0.5, 0.6) is 0 Å². The summed E-state index contributed by atoms with van der Waals surface area (Å²) in [6, 6.07) is 4.58. The molecule has 1 aromatic heterocycles. The van der Waals surface area contributed by atoms with E-state index in [1.54, 1.807) is 50.6 Å². The van der Waals surface area contributed by atoms with Crippen molar-refractivity contribution in [3.05, 3.63) is 41.6 Å². The predicted octanol–water partition coefficient (Wildman–Crippen LogP) is 4.04. The van der Waals surface area contributed by atoms with Gasteiger partial charge in [0.15, 0.2) is 0 Å². The third-order valence-electron chi connectivity index (χ3n) is 5.42. The second-order valence-electron chi connectivity index (χ2n) is 9.51. The van der Waals surface area contributed by atoms with E-state index in [1.165, 1.54) is 11.0 Å². The number of amides is 1. The van der Waals surface area contributed by atoms with Gasteiger partial charge in [-0.1, -0.05) is 0 Å². The Morgan fingerprint density at radius 2 is 2.00 bits per heavy atom. The SMILES string of the molecule is Cc1cc(-c2cn(CCOS(C)(=O)=O)c([C@H]3CCN(C(=O)OC(C)(C)C)C[C@H]3F)n2)ccc1F. The normalized spacial score (nSPS) is 19.3. The van der Waals surface area contributed by atoms with Crippen LogP contribution < -0.4 is 0 Å². The van der Waals surface area contributed by atoms with Crippen molar-refractivity contribution in [1.82, 2.24) is 14.5 Å². The number of carbonyl (C=O) groups excluding carboxylic acids is 1. The highest BCUT2D eigenvalue weighted by atomic mass is 32.2. The Morgan fingerprint density at radius 1 is 1.29 bits per heavy atom. The van der Waals surface area contributed by atoms with E-state index in [0.717, 1.165) is 6.26 Å². The summed E-state index contributed by atoms with van der Waals surface area (Å²) < 4.78 is 63.7. The molecule has 0 N–H and O–H groups in total. The zero-order valence-corrected chi connectivity index (χ0v) is 20.9. The third kappa shape index (κ3) is 6.75. The molecule has 8 nitrogen and oxygen atoms in total. The highest BCUT2D eigenvalue weighted by Gasteiger charge is 2.37. The molecule has 0 unspecified atom stereocenters. The van der Waals surface area contributed by atoms with Gasteiger partial charge in [-0.3, -0.25) is 4.18 Å². The van der Waals surface area contributed by atoms with Crippen LogP contribution in [-0.2, 0) is 25.6 Å². The predicted molar refractivity (Wildman–Crippen MR) is 123 cm³/mol. The van der Waals surface area contributed by atoms with Gasteiger partial charge in [-0.25, -0.2) is 18.6 Å². The first kappa shape index (κ1) is 26.1. The number of halogens is 2. The van der Waals surface area contributed by atoms with Gasteiger partial charge < -0.3 is 14.2 Å². The van der Waals surface area contributed by atoms with Crippen molar-refractivity contribution < 1.29 is 30.9 Å². The Balaban J connectivity index is 1.85. The number of hydrogen-bond donors (Lipinski definition) is 0. The van der Waals surface area contributed by atoms with E-state index in [4.69, 9.17) is 8.92 Å². The number of likely N-dealkylation sites (tertiary alicyclic amines) is 1. The number of carbonyl (C=O) groups is 1. The molecule has 188 valence electrons. The quantitative estimate of drug-likeness (QED) is 0.558. The van der Waals surface area contributed by atoms with Crippen LogP contribution in [0, 0.1) is 12.7 Å². The largest absolute Gasteiger partial charge is 0.444 e. The van der Waals surface area contributed by atoms with Gasteiger partial charge in [0.2, 0.25) is 0 Å². The first-order valence-electron chi connectivity index (χ1n) is 11.0. The summed E-state index contributed by atoms with van der Waals surface area (Å²) in [7, 11) is -3.64. The highest BCUT2D eigenvalue weighted by Crippen LogP contribution is 2.33. The van der Waals surface area contributed by atoms with Crippen LogP contribution in [0.4, 0.5) is 13.6 Å². The van der Waals surface area contributed by atoms with Gasteiger partial charge in [0.05, 0.1) is 31.0 Å². The molecule has 0 radical (unpaired) electrons. The average Bonchev–Trinajstić information content (AvgIpc) is 3.11. The average molecular weight is 500 g/mol. The summed E-state index contributed by atoms with van der Waals surface area (Å²) in [5.74, 6) is -0.541. The Morgan fingerprint density at radius 3 is 2.59 bits per heavy atom. The minimum atomic E-state index is -3.64. The van der Waals surface area contributed by atoms with Crippen molar-refractivity contribution in [3.8, 4) is 11.3 Å². The van der Waals surface area contributed by atoms with E-state index in [1.807, 2.05) is 0 Å². The number of imidazole rings is 1. The van der Waals surface area contributed by atoms with Crippen LogP contribution in [-0.4, -0.2) is 66.7 Å². The molecule has 2 heterocycles. The number of piperidine rings is 1. The fraction of sp³-hybridized carbons (Fsp3) is 0.565. The van der Waals surface area contributed by atoms with Crippen LogP contribution >= 0.6 is 0 Å². The number of ether oxygens (including phenoxy) is 1. The summed E-state index contributed by atoms with van der Waals surface area (Å²) >= 11 is 0. The Labute approximate surface area is 199 Å². The molecule has 0 spiro atoms. The minimum Gasteiger partial charge on any atom is -0.444 e. The van der Waals surface area contributed by atoms with Crippen molar-refractivity contribution >= 4 is 16.2 Å². The van der Waals surface area contributed by atoms with E-state index < -0.39 is 33.9 Å². The van der Waals surface area contributed by atoms with Gasteiger partial charge in [-0.15, -0.1) is 0 Å². The number of aryl methyl sites for hydroxylation is 1. The summed E-state index contributed by atoms with van der Waals surface area (Å²) in [6.45, 7) is 7.03. The maximum atomic E-state index is 15.3. The number of nitrogens with zero attached hydrogens (tertiary/aromatic N) is 3. The van der Waals surface area contributed by atoms with Gasteiger partial charge in [0.25, 0.3) is 10.1 Å². The summed E-state index contributed by atoms with van der Waals surface area (Å²) in [4.78, 5) is 18.3. The molecule has 1 aliphatic heterocycles. The summed E-state index contributed by atoms with van der Waals surface area (Å²) in [5, 5.41) is 0. The molecule has 0 aliphatic carbocycles. The number of alkyl halides is 1. The topological polar surface area (TPSA) is 90.7 Å². The van der Waals surface area contributed by atoms with E-state index in [-0.39, 0.29) is 32.1 Å². The summed E-state index contributed by atoms with van der Waals surface area (Å²) in [5.41, 5.74) is 0.935. The molecule has 0 saturated carbocycles. The van der Waals surface area contributed by atoms with E-state index >= 15 is 4.39 Å². The molecule has 0 bridgehead atoms. The maximum absolute atomic E-state index is 15.3. The molecule has 1 aliphatic rings. The van der Waals surface area contributed by atoms with Crippen LogP contribution in [0.3, 0.4) is 0 Å². The first-order valence-corrected chi connectivity index (χ1v) is 12.8. The second-order valence-corrected chi connectivity index (χ2v) is 11.1. The molecule has 1 saturated heterocycles. The Hall–Kier alpha value is -2.53. The third-order valence-corrected chi connectivity index (χ3v) is 6.01. The van der Waals surface area contributed by atoms with Crippen molar-refractivity contribution in [3.63, 3.8) is 0 Å². The van der Waals surface area contributed by atoms with Crippen molar-refractivity contribution in [1.29, 1.82) is 0 Å². The van der Waals surface area contributed by atoms with Crippen molar-refractivity contribution in [2.45, 2.75) is 58.4 Å². The molecule has 11 heteroatoms. The van der Waals surface area contributed by atoms with Crippen molar-refractivity contribution in [2.75, 3.05) is 26.0 Å². The number of aromatic nitrogens is 2. The lowest BCUT2D eigenvalue weighted by molar-refractivity contribution is 0.0105. The van der Waals surface area contributed by atoms with E-state index in [9.17, 15) is 17.6 Å². The molecule has 1 amide bonds. The van der Waals surface area contributed by atoms with Crippen molar-refractivity contribution in [2.24, 2.45) is 0 Å². The zero-order chi connectivity index (χ0) is 25.3. The molecule has 2 atom stereocenters. The van der Waals surface area contributed by atoms with Gasteiger partial charge >= 0.3 is 6.09 Å². The van der Waals surface area contributed by atoms with E-state index in [2.05, 4.69) is 4.98 Å². The molecule has 3 rings (SSSR count). The molecule has 2 aromatic rings. The molecule has 34 heavy (non-hydrogen) atoms. The summed E-state index contributed by atoms with van der Waals surface area (Å²) in [6.07, 6.45) is 0.979. The number of benzene rings is 1. The molecular formula is C23H31F2N3O5S. The molecule has 1 aromatic carbocycles. The molecular weight excluding hydrogens is 468 g/mol. The van der Waals surface area contributed by atoms with Gasteiger partial charge in [0.1, 0.15) is 23.4 Å². The highest BCUT2D eigenvalue weighted by molar-refractivity contribution is 7.85. The van der Waals surface area contributed by atoms with Gasteiger partial charge in [-0.2, -0.15) is 8.42 Å². The van der Waals surface area contributed by atoms with Gasteiger partial charge in [0, 0.05) is 24.8 Å². The lowest BCUT2D eigenvalue weighted by atomic mass is 9.94.